The monoisotopic (exact) mass is 403 g/mol. The molecule has 0 aromatic heterocycles. The highest BCUT2D eigenvalue weighted by molar-refractivity contribution is 14.1. The zero-order valence-corrected chi connectivity index (χ0v) is 13.9. The number of amides is 2. The summed E-state index contributed by atoms with van der Waals surface area (Å²) in [4.78, 5) is 27.4. The first-order valence-electron chi connectivity index (χ1n) is 6.71. The summed E-state index contributed by atoms with van der Waals surface area (Å²) in [6, 6.07) is 7.37. The molecule has 2 heterocycles. The van der Waals surface area contributed by atoms with E-state index in [1.807, 2.05) is 36.0 Å². The molecule has 0 radical (unpaired) electrons. The van der Waals surface area contributed by atoms with E-state index in [9.17, 15) is 9.59 Å². The molecule has 4 nitrogen and oxygen atoms in total. The number of carbonyl (C=O) groups is 2. The Morgan fingerprint density at radius 2 is 1.80 bits per heavy atom. The molecule has 0 saturated carbocycles. The van der Waals surface area contributed by atoms with Gasteiger partial charge < -0.3 is 4.90 Å². The molecule has 106 valence electrons. The predicted octanol–water partition coefficient (Wildman–Crippen LogP) is 0.555. The van der Waals surface area contributed by atoms with Crippen LogP contribution in [0.15, 0.2) is 24.3 Å². The van der Waals surface area contributed by atoms with E-state index in [4.69, 9.17) is 0 Å². The van der Waals surface area contributed by atoms with E-state index in [0.29, 0.717) is 12.1 Å². The van der Waals surface area contributed by atoms with Crippen molar-refractivity contribution < 1.29 is 14.5 Å². The Morgan fingerprint density at radius 3 is 2.45 bits per heavy atom. The Labute approximate surface area is 136 Å². The molecular formula is C14H16IN2O2S+. The van der Waals surface area contributed by atoms with Crippen LogP contribution in [0, 0.1) is 3.57 Å². The standard InChI is InChI=1S/C14H15IN2O2S/c15-10-1-3-11(4-2-10)17-13(18)9-12(14(17)19)16-5-7-20-8-6-16/h1-4,12H,5-9H2/p+1/t12-/m0/s1. The van der Waals surface area contributed by atoms with Crippen molar-refractivity contribution >= 4 is 51.9 Å². The van der Waals surface area contributed by atoms with Gasteiger partial charge in [0, 0.05) is 15.1 Å². The predicted molar refractivity (Wildman–Crippen MR) is 88.1 cm³/mol. The molecule has 0 unspecified atom stereocenters. The van der Waals surface area contributed by atoms with Crippen molar-refractivity contribution in [2.45, 2.75) is 12.5 Å². The summed E-state index contributed by atoms with van der Waals surface area (Å²) < 4.78 is 1.10. The van der Waals surface area contributed by atoms with Crippen molar-refractivity contribution in [2.75, 3.05) is 29.5 Å². The van der Waals surface area contributed by atoms with Gasteiger partial charge >= 0.3 is 0 Å². The van der Waals surface area contributed by atoms with E-state index in [0.717, 1.165) is 28.2 Å². The topological polar surface area (TPSA) is 41.8 Å². The summed E-state index contributed by atoms with van der Waals surface area (Å²) in [7, 11) is 0. The first kappa shape index (κ1) is 14.3. The van der Waals surface area contributed by atoms with Crippen LogP contribution in [0.25, 0.3) is 0 Å². The molecule has 1 atom stereocenters. The molecule has 1 N–H and O–H groups in total. The fraction of sp³-hybridized carbons (Fsp3) is 0.429. The summed E-state index contributed by atoms with van der Waals surface area (Å²) in [5.41, 5.74) is 0.703. The molecule has 0 aliphatic carbocycles. The number of anilines is 1. The van der Waals surface area contributed by atoms with Gasteiger partial charge in [0.25, 0.3) is 5.91 Å². The van der Waals surface area contributed by atoms with Gasteiger partial charge in [0.2, 0.25) is 5.91 Å². The van der Waals surface area contributed by atoms with Gasteiger partial charge in [-0.05, 0) is 46.9 Å². The zero-order valence-electron chi connectivity index (χ0n) is 11.0. The second-order valence-electron chi connectivity index (χ2n) is 5.07. The molecule has 3 rings (SSSR count). The minimum atomic E-state index is -0.178. The maximum absolute atomic E-state index is 12.6. The van der Waals surface area contributed by atoms with E-state index < -0.39 is 0 Å². The lowest BCUT2D eigenvalue weighted by Gasteiger charge is -2.27. The van der Waals surface area contributed by atoms with Crippen molar-refractivity contribution in [3.8, 4) is 0 Å². The molecule has 1 aromatic carbocycles. The third-order valence-corrected chi connectivity index (χ3v) is 5.56. The van der Waals surface area contributed by atoms with Crippen LogP contribution >= 0.6 is 34.4 Å². The molecule has 2 aliphatic heterocycles. The molecule has 2 aliphatic rings. The minimum absolute atomic E-state index is 0.0295. The van der Waals surface area contributed by atoms with Gasteiger partial charge in [0.15, 0.2) is 6.04 Å². The van der Waals surface area contributed by atoms with Gasteiger partial charge in [0.1, 0.15) is 0 Å². The lowest BCUT2D eigenvalue weighted by molar-refractivity contribution is -0.911. The van der Waals surface area contributed by atoms with Gasteiger partial charge in [-0.15, -0.1) is 0 Å². The smallest absolute Gasteiger partial charge is 0.292 e. The third kappa shape index (κ3) is 2.73. The number of nitrogens with one attached hydrogen (secondary N) is 1. The average Bonchev–Trinajstić information content (AvgIpc) is 2.76. The van der Waals surface area contributed by atoms with Crippen LogP contribution in [0.2, 0.25) is 0 Å². The van der Waals surface area contributed by atoms with Crippen LogP contribution in [0.3, 0.4) is 0 Å². The average molecular weight is 403 g/mol. The number of rotatable bonds is 2. The van der Waals surface area contributed by atoms with Crippen LogP contribution in [0.4, 0.5) is 5.69 Å². The highest BCUT2D eigenvalue weighted by atomic mass is 127. The van der Waals surface area contributed by atoms with Crippen LogP contribution in [-0.4, -0.2) is 42.5 Å². The molecule has 20 heavy (non-hydrogen) atoms. The Hall–Kier alpha value is -0.600. The number of hydrogen-bond donors (Lipinski definition) is 1. The summed E-state index contributed by atoms with van der Waals surface area (Å²) in [5.74, 6) is 2.07. The van der Waals surface area contributed by atoms with Crippen molar-refractivity contribution in [1.29, 1.82) is 0 Å². The highest BCUT2D eigenvalue weighted by Gasteiger charge is 2.45. The van der Waals surface area contributed by atoms with Crippen LogP contribution in [-0.2, 0) is 9.59 Å². The number of imide groups is 1. The Kier molecular flexibility index (Phi) is 4.32. The maximum Gasteiger partial charge on any atom is 0.292 e. The molecule has 2 saturated heterocycles. The minimum Gasteiger partial charge on any atom is -0.323 e. The fourth-order valence-corrected chi connectivity index (χ4v) is 4.17. The van der Waals surface area contributed by atoms with E-state index in [1.165, 1.54) is 9.80 Å². The van der Waals surface area contributed by atoms with Crippen LogP contribution in [0.5, 0.6) is 0 Å². The first-order valence-corrected chi connectivity index (χ1v) is 8.95. The molecule has 0 bridgehead atoms. The van der Waals surface area contributed by atoms with Crippen LogP contribution in [0.1, 0.15) is 6.42 Å². The summed E-state index contributed by atoms with van der Waals surface area (Å²) in [6.07, 6.45) is 0.352. The fourth-order valence-electron chi connectivity index (χ4n) is 2.79. The Balaban J connectivity index is 1.81. The van der Waals surface area contributed by atoms with E-state index in [2.05, 4.69) is 22.6 Å². The number of carbonyl (C=O) groups excluding carboxylic acids is 2. The maximum atomic E-state index is 12.6. The van der Waals surface area contributed by atoms with E-state index in [1.54, 1.807) is 0 Å². The van der Waals surface area contributed by atoms with Gasteiger partial charge in [-0.3, -0.25) is 9.59 Å². The van der Waals surface area contributed by atoms with E-state index >= 15 is 0 Å². The van der Waals surface area contributed by atoms with Crippen molar-refractivity contribution in [3.63, 3.8) is 0 Å². The number of halogens is 1. The summed E-state index contributed by atoms with van der Waals surface area (Å²) in [5, 5.41) is 0. The molecule has 6 heteroatoms. The third-order valence-electron chi connectivity index (χ3n) is 3.86. The summed E-state index contributed by atoms with van der Waals surface area (Å²) >= 11 is 4.14. The van der Waals surface area contributed by atoms with Crippen molar-refractivity contribution in [1.82, 2.24) is 0 Å². The van der Waals surface area contributed by atoms with Gasteiger partial charge in [-0.1, -0.05) is 0 Å². The zero-order chi connectivity index (χ0) is 14.1. The molecular weight excluding hydrogens is 387 g/mol. The Bertz CT molecular complexity index is 528. The SMILES string of the molecule is O=C1C[C@H]([NH+]2CCSCC2)C(=O)N1c1ccc(I)cc1. The molecule has 2 amide bonds. The molecule has 2 fully saturated rings. The van der Waals surface area contributed by atoms with E-state index in [-0.39, 0.29) is 17.9 Å². The van der Waals surface area contributed by atoms with Gasteiger partial charge in [-0.2, -0.15) is 11.8 Å². The van der Waals surface area contributed by atoms with Gasteiger partial charge in [-0.25, -0.2) is 4.90 Å². The van der Waals surface area contributed by atoms with Crippen molar-refractivity contribution in [2.24, 2.45) is 0 Å². The number of nitrogens with zero attached hydrogens (tertiary/aromatic N) is 1. The number of hydrogen-bond acceptors (Lipinski definition) is 3. The normalized spacial score (nSPS) is 24.4. The number of thioether (sulfide) groups is 1. The number of benzene rings is 1. The lowest BCUT2D eigenvalue weighted by atomic mass is 10.2. The number of quaternary nitrogens is 1. The Morgan fingerprint density at radius 1 is 1.15 bits per heavy atom. The second kappa shape index (κ2) is 6.03. The van der Waals surface area contributed by atoms with Crippen LogP contribution < -0.4 is 9.80 Å². The lowest BCUT2D eigenvalue weighted by Crippen LogP contribution is -3.18. The van der Waals surface area contributed by atoms with Gasteiger partial charge in [0.05, 0.1) is 25.2 Å². The molecule has 0 spiro atoms. The molecule has 1 aromatic rings. The van der Waals surface area contributed by atoms with Crippen molar-refractivity contribution in [3.05, 3.63) is 27.8 Å². The largest absolute Gasteiger partial charge is 0.323 e. The second-order valence-corrected chi connectivity index (χ2v) is 7.54. The first-order chi connectivity index (χ1) is 9.66. The summed E-state index contributed by atoms with van der Waals surface area (Å²) in [6.45, 7) is 1.96. The quantitative estimate of drug-likeness (QED) is 0.580. The highest BCUT2D eigenvalue weighted by Crippen LogP contribution is 2.23.